The van der Waals surface area contributed by atoms with Crippen LogP contribution in [-0.2, 0) is 0 Å². The smallest absolute Gasteiger partial charge is 0.196 e. The third-order valence-electron chi connectivity index (χ3n) is 9.52. The van der Waals surface area contributed by atoms with E-state index in [9.17, 15) is 9.90 Å². The molecule has 0 heterocycles. The van der Waals surface area contributed by atoms with E-state index in [-0.39, 0.29) is 11.5 Å². The Morgan fingerprint density at radius 2 is 1.04 bits per heavy atom. The molecule has 9 aromatic rings. The van der Waals surface area contributed by atoms with E-state index in [1.54, 1.807) is 24.3 Å². The Hall–Kier alpha value is -6.71. The number of aromatic hydroxyl groups is 1. The van der Waals surface area contributed by atoms with Gasteiger partial charge in [-0.3, -0.25) is 4.79 Å². The average molecular weight is 643 g/mol. The first-order valence-electron chi connectivity index (χ1n) is 16.7. The Morgan fingerprint density at radius 3 is 1.76 bits per heavy atom. The molecular formula is C47H30O3. The van der Waals surface area contributed by atoms with Crippen LogP contribution >= 0.6 is 0 Å². The van der Waals surface area contributed by atoms with Gasteiger partial charge < -0.3 is 9.84 Å². The van der Waals surface area contributed by atoms with Crippen LogP contribution in [0.1, 0.15) is 15.9 Å². The molecule has 0 bridgehead atoms. The highest BCUT2D eigenvalue weighted by atomic mass is 16.5. The number of ether oxygens (including phenoxy) is 1. The Kier molecular flexibility index (Phi) is 7.10. The molecule has 236 valence electrons. The predicted molar refractivity (Wildman–Crippen MR) is 205 cm³/mol. The first-order valence-corrected chi connectivity index (χ1v) is 16.7. The molecule has 0 aliphatic carbocycles. The number of carbonyl (C=O) groups excluding carboxylic acids is 1. The van der Waals surface area contributed by atoms with Crippen molar-refractivity contribution < 1.29 is 14.6 Å². The summed E-state index contributed by atoms with van der Waals surface area (Å²) in [6.45, 7) is 0. The summed E-state index contributed by atoms with van der Waals surface area (Å²) in [5.74, 6) is 0.994. The molecule has 0 fully saturated rings. The largest absolute Gasteiger partial charge is 0.508 e. The van der Waals surface area contributed by atoms with Crippen molar-refractivity contribution >= 4 is 48.9 Å². The van der Waals surface area contributed by atoms with Crippen LogP contribution in [-0.4, -0.2) is 10.9 Å². The van der Waals surface area contributed by atoms with Crippen molar-refractivity contribution in [3.63, 3.8) is 0 Å². The maximum atomic E-state index is 13.7. The molecule has 0 amide bonds. The molecule has 0 aromatic heterocycles. The van der Waals surface area contributed by atoms with Crippen molar-refractivity contribution in [3.8, 4) is 39.5 Å². The standard InChI is InChI=1S/C47H30O3/c48-39-18-20-40(21-19-39)50-46-29-36(17-22-41(46)47(49)30-9-2-1-3-10-30)32-15-8-16-37(23-32)42-28-38-24-31-11-4-5-12-33(31)25-43(38)45-27-35-14-7-6-13-34(35)26-44(42)45/h1-29,48H. The van der Waals surface area contributed by atoms with E-state index in [2.05, 4.69) is 103 Å². The van der Waals surface area contributed by atoms with Crippen LogP contribution in [0, 0.1) is 0 Å². The van der Waals surface area contributed by atoms with Gasteiger partial charge in [-0.05, 0) is 138 Å². The summed E-state index contributed by atoms with van der Waals surface area (Å²) in [4.78, 5) is 13.7. The third kappa shape index (κ3) is 5.32. The molecular weight excluding hydrogens is 613 g/mol. The zero-order valence-corrected chi connectivity index (χ0v) is 27.0. The fourth-order valence-corrected chi connectivity index (χ4v) is 7.00. The SMILES string of the molecule is O=C(c1ccccc1)c1ccc(-c2cccc(-c3cc4cc5ccccc5cc4c4cc5ccccc5cc34)c2)cc1Oc1ccc(O)cc1. The summed E-state index contributed by atoms with van der Waals surface area (Å²) in [6, 6.07) is 58.7. The van der Waals surface area contributed by atoms with Gasteiger partial charge in [0, 0.05) is 5.56 Å². The van der Waals surface area contributed by atoms with Crippen LogP contribution in [0.3, 0.4) is 0 Å². The summed E-state index contributed by atoms with van der Waals surface area (Å²) >= 11 is 0. The molecule has 3 heteroatoms. The van der Waals surface area contributed by atoms with Gasteiger partial charge in [-0.2, -0.15) is 0 Å². The van der Waals surface area contributed by atoms with Gasteiger partial charge in [-0.1, -0.05) is 103 Å². The van der Waals surface area contributed by atoms with Crippen LogP contribution in [0.15, 0.2) is 176 Å². The Balaban J connectivity index is 1.21. The molecule has 0 spiro atoms. The minimum Gasteiger partial charge on any atom is -0.508 e. The normalized spacial score (nSPS) is 11.4. The van der Waals surface area contributed by atoms with Crippen LogP contribution in [0.5, 0.6) is 17.2 Å². The van der Waals surface area contributed by atoms with Gasteiger partial charge in [0.1, 0.15) is 17.2 Å². The van der Waals surface area contributed by atoms with Crippen molar-refractivity contribution in [2.45, 2.75) is 0 Å². The summed E-state index contributed by atoms with van der Waals surface area (Å²) in [6.07, 6.45) is 0. The molecule has 50 heavy (non-hydrogen) atoms. The number of phenols is 1. The lowest BCUT2D eigenvalue weighted by Gasteiger charge is -2.16. The second-order valence-electron chi connectivity index (χ2n) is 12.7. The van der Waals surface area contributed by atoms with Gasteiger partial charge in [0.2, 0.25) is 0 Å². The highest BCUT2D eigenvalue weighted by molar-refractivity contribution is 6.20. The average Bonchev–Trinajstić information content (AvgIpc) is 3.17. The summed E-state index contributed by atoms with van der Waals surface area (Å²) < 4.78 is 6.33. The molecule has 9 aromatic carbocycles. The van der Waals surface area contributed by atoms with Gasteiger partial charge >= 0.3 is 0 Å². The molecule has 0 aliphatic rings. The Bertz CT molecular complexity index is 2750. The van der Waals surface area contributed by atoms with E-state index < -0.39 is 0 Å². The lowest BCUT2D eigenvalue weighted by atomic mass is 9.89. The quantitative estimate of drug-likeness (QED) is 0.112. The number of ketones is 1. The van der Waals surface area contributed by atoms with Gasteiger partial charge in [0.25, 0.3) is 0 Å². The second kappa shape index (κ2) is 12.1. The predicted octanol–water partition coefficient (Wildman–Crippen LogP) is 12.4. The summed E-state index contributed by atoms with van der Waals surface area (Å²) in [5.41, 5.74) is 5.23. The van der Waals surface area contributed by atoms with Crippen LogP contribution in [0.25, 0.3) is 65.3 Å². The van der Waals surface area contributed by atoms with Crippen LogP contribution in [0.2, 0.25) is 0 Å². The van der Waals surface area contributed by atoms with Crippen molar-refractivity contribution in [1.29, 1.82) is 0 Å². The number of phenolic OH excluding ortho intramolecular Hbond substituents is 1. The summed E-state index contributed by atoms with van der Waals surface area (Å²) in [5, 5.41) is 19.5. The van der Waals surface area contributed by atoms with E-state index in [1.165, 1.54) is 43.1 Å². The minimum absolute atomic E-state index is 0.123. The van der Waals surface area contributed by atoms with Crippen LogP contribution in [0.4, 0.5) is 0 Å². The Labute approximate surface area is 289 Å². The molecule has 0 saturated carbocycles. The molecule has 0 radical (unpaired) electrons. The van der Waals surface area contributed by atoms with Gasteiger partial charge in [-0.25, -0.2) is 0 Å². The number of hydrogen-bond donors (Lipinski definition) is 1. The van der Waals surface area contributed by atoms with E-state index in [4.69, 9.17) is 4.74 Å². The van der Waals surface area contributed by atoms with Gasteiger partial charge in [-0.15, -0.1) is 0 Å². The fraction of sp³-hybridized carbons (Fsp3) is 0. The molecule has 0 aliphatic heterocycles. The maximum absolute atomic E-state index is 13.7. The topological polar surface area (TPSA) is 46.5 Å². The Morgan fingerprint density at radius 1 is 0.440 bits per heavy atom. The van der Waals surface area contributed by atoms with E-state index >= 15 is 0 Å². The van der Waals surface area contributed by atoms with Crippen LogP contribution < -0.4 is 4.74 Å². The molecule has 9 rings (SSSR count). The number of fused-ring (bicyclic) bond motifs is 5. The highest BCUT2D eigenvalue weighted by Gasteiger charge is 2.18. The van der Waals surface area contributed by atoms with Crippen molar-refractivity contribution in [2.24, 2.45) is 0 Å². The third-order valence-corrected chi connectivity index (χ3v) is 9.52. The van der Waals surface area contributed by atoms with Crippen molar-refractivity contribution in [1.82, 2.24) is 0 Å². The monoisotopic (exact) mass is 642 g/mol. The highest BCUT2D eigenvalue weighted by Crippen LogP contribution is 2.40. The van der Waals surface area contributed by atoms with Crippen molar-refractivity contribution in [3.05, 3.63) is 187 Å². The molecule has 3 nitrogen and oxygen atoms in total. The molecule has 0 atom stereocenters. The number of benzene rings is 9. The second-order valence-corrected chi connectivity index (χ2v) is 12.7. The number of hydrogen-bond acceptors (Lipinski definition) is 3. The number of rotatable bonds is 6. The van der Waals surface area contributed by atoms with Gasteiger partial charge in [0.15, 0.2) is 5.78 Å². The molecule has 1 N–H and O–H groups in total. The zero-order chi connectivity index (χ0) is 33.6. The zero-order valence-electron chi connectivity index (χ0n) is 27.0. The van der Waals surface area contributed by atoms with E-state index in [0.29, 0.717) is 22.6 Å². The van der Waals surface area contributed by atoms with Gasteiger partial charge in [0.05, 0.1) is 5.56 Å². The number of carbonyl (C=O) groups is 1. The maximum Gasteiger partial charge on any atom is 0.196 e. The van der Waals surface area contributed by atoms with E-state index in [1.807, 2.05) is 48.5 Å². The lowest BCUT2D eigenvalue weighted by molar-refractivity contribution is 0.103. The van der Waals surface area contributed by atoms with Crippen molar-refractivity contribution in [2.75, 3.05) is 0 Å². The molecule has 0 unspecified atom stereocenters. The minimum atomic E-state index is -0.123. The van der Waals surface area contributed by atoms with E-state index in [0.717, 1.165) is 22.3 Å². The summed E-state index contributed by atoms with van der Waals surface area (Å²) in [7, 11) is 0. The first-order chi connectivity index (χ1) is 24.6. The first kappa shape index (κ1) is 29.4. The fourth-order valence-electron chi connectivity index (χ4n) is 7.00. The molecule has 0 saturated heterocycles. The lowest BCUT2D eigenvalue weighted by Crippen LogP contribution is -2.04.